The molecule has 0 bridgehead atoms. The molecule has 1 amide bonds. The van der Waals surface area contributed by atoms with Gasteiger partial charge in [-0.25, -0.2) is 4.79 Å². The lowest BCUT2D eigenvalue weighted by atomic mass is 10.2. The Bertz CT molecular complexity index is 487. The Kier molecular flexibility index (Phi) is 9.18. The molecule has 2 aliphatic rings. The summed E-state index contributed by atoms with van der Waals surface area (Å²) in [6, 6.07) is 3.69. The number of amides is 1. The van der Waals surface area contributed by atoms with Crippen LogP contribution in [0.15, 0.2) is 24.5 Å². The second-order valence-corrected chi connectivity index (χ2v) is 5.84. The largest absolute Gasteiger partial charge is 0.490 e. The predicted octanol–water partition coefficient (Wildman–Crippen LogP) is 2.66. The third kappa shape index (κ3) is 5.69. The van der Waals surface area contributed by atoms with Gasteiger partial charge < -0.3 is 14.8 Å². The van der Waals surface area contributed by atoms with Crippen molar-refractivity contribution in [1.82, 2.24) is 15.2 Å². The zero-order valence-electron chi connectivity index (χ0n) is 13.6. The second-order valence-electron chi connectivity index (χ2n) is 5.84. The van der Waals surface area contributed by atoms with Crippen LogP contribution in [-0.4, -0.2) is 54.4 Å². The van der Waals surface area contributed by atoms with Gasteiger partial charge in [0.15, 0.2) is 0 Å². The molecule has 1 aromatic heterocycles. The molecular weight excluding hydrogens is 353 g/mol. The molecular formula is C16H25Cl2N3O3. The molecule has 0 aromatic carbocycles. The van der Waals surface area contributed by atoms with Crippen molar-refractivity contribution in [2.45, 2.75) is 37.8 Å². The van der Waals surface area contributed by atoms with Crippen molar-refractivity contribution in [3.63, 3.8) is 0 Å². The van der Waals surface area contributed by atoms with Crippen molar-refractivity contribution >= 4 is 30.9 Å². The van der Waals surface area contributed by atoms with E-state index in [-0.39, 0.29) is 43.1 Å². The highest BCUT2D eigenvalue weighted by atomic mass is 35.5. The molecule has 1 N–H and O–H groups in total. The molecule has 2 fully saturated rings. The Morgan fingerprint density at radius 2 is 2.12 bits per heavy atom. The van der Waals surface area contributed by atoms with Gasteiger partial charge in [-0.1, -0.05) is 0 Å². The third-order valence-corrected chi connectivity index (χ3v) is 4.23. The molecule has 0 spiro atoms. The molecule has 1 atom stereocenters. The van der Waals surface area contributed by atoms with Crippen LogP contribution in [0.25, 0.3) is 0 Å². The van der Waals surface area contributed by atoms with E-state index in [2.05, 4.69) is 10.3 Å². The predicted molar refractivity (Wildman–Crippen MR) is 96.3 cm³/mol. The first-order valence-electron chi connectivity index (χ1n) is 8.04. The van der Waals surface area contributed by atoms with Gasteiger partial charge in [-0.3, -0.25) is 9.88 Å². The van der Waals surface area contributed by atoms with Gasteiger partial charge in [-0.05, 0) is 37.8 Å². The van der Waals surface area contributed by atoms with E-state index in [1.54, 1.807) is 17.3 Å². The first-order valence-corrected chi connectivity index (χ1v) is 8.04. The standard InChI is InChI=1S/C16H23N3O3.2ClH/c20-16(22-14-4-1-2-5-14)19-9-8-18-10-13(19)12-21-15-6-3-7-17-11-15;;/h3,6-7,11,13-14,18H,1-2,4-5,8-10,12H2;2*1H. The van der Waals surface area contributed by atoms with E-state index >= 15 is 0 Å². The smallest absolute Gasteiger partial charge is 0.410 e. The average molecular weight is 378 g/mol. The Balaban J connectivity index is 0.00000144. The number of carbonyl (C=O) groups is 1. The molecule has 1 aliphatic carbocycles. The minimum Gasteiger partial charge on any atom is -0.490 e. The first kappa shape index (κ1) is 20.8. The lowest BCUT2D eigenvalue weighted by molar-refractivity contribution is 0.0375. The second kappa shape index (κ2) is 10.6. The summed E-state index contributed by atoms with van der Waals surface area (Å²) < 4.78 is 11.4. The van der Waals surface area contributed by atoms with Crippen LogP contribution in [0, 0.1) is 0 Å². The van der Waals surface area contributed by atoms with E-state index in [1.165, 1.54) is 0 Å². The highest BCUT2D eigenvalue weighted by molar-refractivity contribution is 5.85. The summed E-state index contributed by atoms with van der Waals surface area (Å²) in [6.45, 7) is 2.62. The fraction of sp³-hybridized carbons (Fsp3) is 0.625. The monoisotopic (exact) mass is 377 g/mol. The van der Waals surface area contributed by atoms with Crippen molar-refractivity contribution in [2.24, 2.45) is 0 Å². The van der Waals surface area contributed by atoms with Crippen molar-refractivity contribution in [2.75, 3.05) is 26.2 Å². The molecule has 6 nitrogen and oxygen atoms in total. The fourth-order valence-electron chi connectivity index (χ4n) is 2.99. The number of aromatic nitrogens is 1. The Morgan fingerprint density at radius 1 is 1.33 bits per heavy atom. The number of carbonyl (C=O) groups excluding carboxylic acids is 1. The Hall–Kier alpha value is -1.24. The van der Waals surface area contributed by atoms with Crippen LogP contribution in [0.1, 0.15) is 25.7 Å². The third-order valence-electron chi connectivity index (χ3n) is 4.23. The Morgan fingerprint density at radius 3 is 2.83 bits per heavy atom. The van der Waals surface area contributed by atoms with Gasteiger partial charge in [0, 0.05) is 25.8 Å². The summed E-state index contributed by atoms with van der Waals surface area (Å²) >= 11 is 0. The summed E-state index contributed by atoms with van der Waals surface area (Å²) in [4.78, 5) is 18.2. The number of pyridine rings is 1. The van der Waals surface area contributed by atoms with Gasteiger partial charge in [0.2, 0.25) is 0 Å². The minimum absolute atomic E-state index is 0. The van der Waals surface area contributed by atoms with Gasteiger partial charge >= 0.3 is 6.09 Å². The number of piperazine rings is 1. The summed E-state index contributed by atoms with van der Waals surface area (Å²) in [7, 11) is 0. The van der Waals surface area contributed by atoms with E-state index in [1.807, 2.05) is 12.1 Å². The maximum absolute atomic E-state index is 12.4. The van der Waals surface area contributed by atoms with E-state index in [0.29, 0.717) is 13.2 Å². The van der Waals surface area contributed by atoms with E-state index < -0.39 is 0 Å². The topological polar surface area (TPSA) is 63.7 Å². The van der Waals surface area contributed by atoms with Crippen molar-refractivity contribution in [1.29, 1.82) is 0 Å². The molecule has 2 heterocycles. The summed E-state index contributed by atoms with van der Waals surface area (Å²) in [5.41, 5.74) is 0. The van der Waals surface area contributed by atoms with Crippen LogP contribution in [0.4, 0.5) is 4.79 Å². The van der Waals surface area contributed by atoms with Crippen molar-refractivity contribution in [3.05, 3.63) is 24.5 Å². The van der Waals surface area contributed by atoms with Crippen molar-refractivity contribution in [3.8, 4) is 5.75 Å². The number of ether oxygens (including phenoxy) is 2. The average Bonchev–Trinajstić information content (AvgIpc) is 3.07. The summed E-state index contributed by atoms with van der Waals surface area (Å²) in [6.07, 6.45) is 7.59. The number of rotatable bonds is 4. The number of nitrogens with zero attached hydrogens (tertiary/aromatic N) is 2. The van der Waals surface area contributed by atoms with E-state index in [9.17, 15) is 4.79 Å². The Labute approximate surface area is 155 Å². The zero-order valence-corrected chi connectivity index (χ0v) is 15.2. The quantitative estimate of drug-likeness (QED) is 0.873. The molecule has 1 saturated carbocycles. The molecule has 1 unspecified atom stereocenters. The molecule has 24 heavy (non-hydrogen) atoms. The minimum atomic E-state index is -0.201. The molecule has 1 aliphatic heterocycles. The van der Waals surface area contributed by atoms with Gasteiger partial charge in [-0.15, -0.1) is 24.8 Å². The maximum atomic E-state index is 12.4. The first-order chi connectivity index (χ1) is 10.8. The fourth-order valence-corrected chi connectivity index (χ4v) is 2.99. The molecule has 0 radical (unpaired) electrons. The van der Waals surface area contributed by atoms with Gasteiger partial charge in [0.1, 0.15) is 18.5 Å². The SMILES string of the molecule is Cl.Cl.O=C(OC1CCCC1)N1CCNCC1COc1cccnc1. The van der Waals surface area contributed by atoms with Gasteiger partial charge in [0.25, 0.3) is 0 Å². The summed E-state index contributed by atoms with van der Waals surface area (Å²) in [5, 5.41) is 3.30. The maximum Gasteiger partial charge on any atom is 0.410 e. The lowest BCUT2D eigenvalue weighted by Gasteiger charge is -2.35. The van der Waals surface area contributed by atoms with Crippen LogP contribution < -0.4 is 10.1 Å². The van der Waals surface area contributed by atoms with Crippen LogP contribution in [0.2, 0.25) is 0 Å². The van der Waals surface area contributed by atoms with Crippen LogP contribution >= 0.6 is 24.8 Å². The lowest BCUT2D eigenvalue weighted by Crippen LogP contribution is -2.56. The zero-order chi connectivity index (χ0) is 15.2. The number of halogens is 2. The van der Waals surface area contributed by atoms with E-state index in [0.717, 1.165) is 44.5 Å². The van der Waals surface area contributed by atoms with Crippen LogP contribution in [-0.2, 0) is 4.74 Å². The number of nitrogens with one attached hydrogen (secondary N) is 1. The highest BCUT2D eigenvalue weighted by Gasteiger charge is 2.30. The van der Waals surface area contributed by atoms with Gasteiger partial charge in [-0.2, -0.15) is 0 Å². The normalized spacial score (nSPS) is 20.7. The molecule has 136 valence electrons. The van der Waals surface area contributed by atoms with Crippen LogP contribution in [0.5, 0.6) is 5.75 Å². The summed E-state index contributed by atoms with van der Waals surface area (Å²) in [5.74, 6) is 0.720. The highest BCUT2D eigenvalue weighted by Crippen LogP contribution is 2.22. The molecule has 1 saturated heterocycles. The van der Waals surface area contributed by atoms with E-state index in [4.69, 9.17) is 9.47 Å². The molecule has 3 rings (SSSR count). The van der Waals surface area contributed by atoms with Crippen molar-refractivity contribution < 1.29 is 14.3 Å². The number of hydrogen-bond donors (Lipinski definition) is 1. The van der Waals surface area contributed by atoms with Crippen LogP contribution in [0.3, 0.4) is 0 Å². The molecule has 8 heteroatoms. The molecule has 1 aromatic rings. The number of hydrogen-bond acceptors (Lipinski definition) is 5. The van der Waals surface area contributed by atoms with Gasteiger partial charge in [0.05, 0.1) is 12.2 Å².